The zero-order valence-corrected chi connectivity index (χ0v) is 49.1. The van der Waals surface area contributed by atoms with Crippen LogP contribution in [0.1, 0.15) is 22.3 Å². The third-order valence-corrected chi connectivity index (χ3v) is 12.1. The Labute approximate surface area is 478 Å². The second-order valence-electron chi connectivity index (χ2n) is 15.7. The number of methoxy groups -OCH3 is 12. The Kier molecular flexibility index (Phi) is 24.8. The Morgan fingerprint density at radius 1 is 0.284 bits per heavy atom. The second kappa shape index (κ2) is 29.3. The first-order chi connectivity index (χ1) is 34.2. The van der Waals surface area contributed by atoms with Gasteiger partial charge in [-0.15, -0.1) is 0 Å². The van der Waals surface area contributed by atoms with E-state index in [0.29, 0.717) is 95.2 Å². The minimum absolute atomic E-state index is 0. The fourth-order valence-corrected chi connectivity index (χ4v) is 8.87. The van der Waals surface area contributed by atoms with Gasteiger partial charge in [-0.2, -0.15) is 13.3 Å². The molecule has 0 bridgehead atoms. The molecule has 0 saturated heterocycles. The number of anilines is 4. The number of ether oxygens (including phenoxy) is 12. The summed E-state index contributed by atoms with van der Waals surface area (Å²) in [6.45, 7) is 6.52. The zero-order chi connectivity index (χ0) is 49.9. The van der Waals surface area contributed by atoms with Gasteiger partial charge in [0.15, 0.2) is 46.0 Å². The van der Waals surface area contributed by atoms with Crippen molar-refractivity contribution in [1.82, 2.24) is 0 Å². The molecule has 20 heteroatoms. The van der Waals surface area contributed by atoms with E-state index in [0.717, 1.165) is 45.0 Å². The quantitative estimate of drug-likeness (QED) is 0.0814. The second-order valence-corrected chi connectivity index (χ2v) is 15.7. The number of para-hydroxylation sites is 4. The molecule has 0 fully saturated rings. The van der Waals surface area contributed by atoms with Gasteiger partial charge in [0.2, 0.25) is 23.0 Å². The Balaban J connectivity index is 0.000000370. The van der Waals surface area contributed by atoms with Gasteiger partial charge < -0.3 is 101 Å². The number of halogens is 2. The molecule has 0 amide bonds. The summed E-state index contributed by atoms with van der Waals surface area (Å²) in [4.78, 5) is 8.75. The third-order valence-electron chi connectivity index (χ3n) is 12.1. The molecule has 0 aliphatic carbocycles. The monoisotopic (exact) mass is 1420 g/mol. The molecule has 0 atom stereocenters. The van der Waals surface area contributed by atoms with Gasteiger partial charge >= 0.3 is 44.8 Å². The molecule has 0 unspecified atom stereocenters. The summed E-state index contributed by atoms with van der Waals surface area (Å²) in [5.74, 6) is 7.41. The molecule has 406 valence electrons. The van der Waals surface area contributed by atoms with E-state index in [9.17, 15) is 0 Å². The maximum atomic E-state index is 5.71. The Bertz CT molecular complexity index is 2400. The minimum atomic E-state index is 0. The normalized spacial score (nSPS) is 11.6. The van der Waals surface area contributed by atoms with Gasteiger partial charge in [-0.05, 0) is 72.8 Å². The van der Waals surface area contributed by atoms with E-state index < -0.39 is 0 Å². The fraction of sp³-hybridized carbons (Fsp3) is 0.296. The van der Waals surface area contributed by atoms with Crippen LogP contribution < -0.4 is 101 Å². The standard InChI is InChI=1S/2C27H31N2O6.2Au.2ClH/c2*1-30-22-13-11-18(24(32-3)26(22)34-5)15-28-17-29(21-10-8-7-9-20(21)28)16-19-12-14-23(31-2)27(35-6)25(19)33-4;;;;/h2*7-14,17H,15-16H2,1-6H3;;;2*1H/q2*-1;+1;+3;;/p-2. The average Bonchev–Trinajstić information content (AvgIpc) is 3.93. The first-order valence-corrected chi connectivity index (χ1v) is 22.3. The topological polar surface area (TPSA) is 124 Å². The number of benzene rings is 6. The molecule has 0 saturated carbocycles. The molecular weight excluding hydrogens is 1360 g/mol. The molecule has 2 aliphatic heterocycles. The molecule has 2 heterocycles. The molecule has 0 aromatic heterocycles. The van der Waals surface area contributed by atoms with Crippen LogP contribution in [-0.2, 0) is 70.9 Å². The van der Waals surface area contributed by atoms with Crippen molar-refractivity contribution in [2.75, 3.05) is 105 Å². The van der Waals surface area contributed by atoms with Crippen LogP contribution in [0.5, 0.6) is 69.0 Å². The van der Waals surface area contributed by atoms with Crippen molar-refractivity contribution in [1.29, 1.82) is 0 Å². The van der Waals surface area contributed by atoms with Gasteiger partial charge in [0.25, 0.3) is 0 Å². The van der Waals surface area contributed by atoms with E-state index in [1.165, 1.54) is 0 Å². The van der Waals surface area contributed by atoms with E-state index in [1.807, 2.05) is 72.8 Å². The fourth-order valence-electron chi connectivity index (χ4n) is 8.87. The summed E-state index contributed by atoms with van der Waals surface area (Å²) in [6.07, 6.45) is 0. The van der Waals surface area contributed by atoms with Crippen molar-refractivity contribution in [2.45, 2.75) is 26.2 Å². The van der Waals surface area contributed by atoms with E-state index >= 15 is 0 Å². The molecule has 6 aromatic carbocycles. The van der Waals surface area contributed by atoms with Gasteiger partial charge in [-0.3, -0.25) is 0 Å². The Morgan fingerprint density at radius 3 is 0.635 bits per heavy atom. The maximum absolute atomic E-state index is 5.71. The summed E-state index contributed by atoms with van der Waals surface area (Å²) in [7, 11) is 19.4. The minimum Gasteiger partial charge on any atom is -1.00 e. The summed E-state index contributed by atoms with van der Waals surface area (Å²) in [5.41, 5.74) is 8.24. The van der Waals surface area contributed by atoms with Gasteiger partial charge in [-0.25, -0.2) is 0 Å². The van der Waals surface area contributed by atoms with Crippen molar-refractivity contribution < 1.29 is 126 Å². The Hall–Kier alpha value is -5.82. The van der Waals surface area contributed by atoms with Crippen LogP contribution in [-0.4, -0.2) is 85.3 Å². The number of rotatable bonds is 20. The summed E-state index contributed by atoms with van der Waals surface area (Å²) in [5, 5.41) is 0. The van der Waals surface area contributed by atoms with Gasteiger partial charge in [0, 0.05) is 71.2 Å². The van der Waals surface area contributed by atoms with Crippen molar-refractivity contribution in [3.05, 3.63) is 133 Å². The van der Waals surface area contributed by atoms with Crippen molar-refractivity contribution >= 4 is 22.7 Å². The van der Waals surface area contributed by atoms with Gasteiger partial charge in [0.1, 0.15) is 0 Å². The summed E-state index contributed by atoms with van der Waals surface area (Å²) in [6, 6.07) is 32.1. The van der Waals surface area contributed by atoms with Crippen LogP contribution in [0.15, 0.2) is 97.1 Å². The predicted octanol–water partition coefficient (Wildman–Crippen LogP) is 3.77. The first kappa shape index (κ1) is 62.5. The average molecular weight is 1420 g/mol. The van der Waals surface area contributed by atoms with E-state index in [2.05, 4.69) is 57.2 Å². The molecular formula is C54H62Au2Cl2N4O12. The van der Waals surface area contributed by atoms with Crippen LogP contribution in [0.25, 0.3) is 0 Å². The molecule has 2 aliphatic rings. The SMILES string of the molecule is COc1ccc(CN2[CH-]N(Cc3ccc(OC)c(OC)c3OC)c3ccccc32)c(OC)c1OC.COc1ccc(CN2[CH-]N(Cc3ccc(OC)c(OC)c3OC)c3ccccc32)c(OC)c1OC.[Au+3].[Au+].[Cl-].[Cl-]. The molecule has 74 heavy (non-hydrogen) atoms. The molecule has 0 radical (unpaired) electrons. The Morgan fingerprint density at radius 2 is 0.473 bits per heavy atom. The largest absolute Gasteiger partial charge is 3.00 e. The number of fused-ring (bicyclic) bond motifs is 2. The molecule has 8 rings (SSSR count). The summed E-state index contributed by atoms with van der Waals surface area (Å²) < 4.78 is 66.9. The number of nitrogens with zero attached hydrogens (tertiary/aromatic N) is 4. The van der Waals surface area contributed by atoms with Crippen LogP contribution in [0.3, 0.4) is 0 Å². The molecule has 16 nitrogen and oxygen atoms in total. The van der Waals surface area contributed by atoms with Crippen molar-refractivity contribution in [2.24, 2.45) is 0 Å². The molecule has 6 aromatic rings. The van der Waals surface area contributed by atoms with Crippen LogP contribution >= 0.6 is 0 Å². The van der Waals surface area contributed by atoms with Crippen LogP contribution in [0, 0.1) is 13.3 Å². The number of hydrogen-bond donors (Lipinski definition) is 0. The maximum Gasteiger partial charge on any atom is 3.00 e. The zero-order valence-electron chi connectivity index (χ0n) is 43.3. The van der Waals surface area contributed by atoms with E-state index in [4.69, 9.17) is 56.8 Å². The van der Waals surface area contributed by atoms with Crippen LogP contribution in [0.4, 0.5) is 22.7 Å². The van der Waals surface area contributed by atoms with Crippen molar-refractivity contribution in [3.63, 3.8) is 0 Å². The predicted molar refractivity (Wildman–Crippen MR) is 271 cm³/mol. The smallest absolute Gasteiger partial charge is 1.00 e. The molecule has 0 N–H and O–H groups in total. The van der Waals surface area contributed by atoms with E-state index in [1.54, 1.807) is 85.3 Å². The van der Waals surface area contributed by atoms with Crippen LogP contribution in [0.2, 0.25) is 0 Å². The van der Waals surface area contributed by atoms with E-state index in [-0.39, 0.29) is 69.6 Å². The summed E-state index contributed by atoms with van der Waals surface area (Å²) >= 11 is 0. The van der Waals surface area contributed by atoms with Gasteiger partial charge in [-0.1, -0.05) is 24.3 Å². The number of hydrogen-bond acceptors (Lipinski definition) is 16. The van der Waals surface area contributed by atoms with Gasteiger partial charge in [0.05, 0.1) is 85.3 Å². The van der Waals surface area contributed by atoms with Crippen molar-refractivity contribution in [3.8, 4) is 69.0 Å². The molecule has 0 spiro atoms. The first-order valence-electron chi connectivity index (χ1n) is 22.3. The third kappa shape index (κ3) is 12.8.